The Morgan fingerprint density at radius 2 is 2.43 bits per heavy atom. The molecule has 0 spiro atoms. The largest absolute Gasteiger partial charge is 0.440 e. The summed E-state index contributed by atoms with van der Waals surface area (Å²) in [5, 5.41) is 2.93. The third kappa shape index (κ3) is 2.75. The number of halogens is 1. The van der Waals surface area contributed by atoms with Gasteiger partial charge in [-0.1, -0.05) is 6.92 Å². The number of carbonyl (C=O) groups is 1. The van der Waals surface area contributed by atoms with Crippen molar-refractivity contribution in [3.8, 4) is 0 Å². The van der Waals surface area contributed by atoms with Crippen molar-refractivity contribution in [2.75, 3.05) is 6.54 Å². The first-order valence-corrected chi connectivity index (χ1v) is 4.81. The number of rotatable bonds is 4. The fraction of sp³-hybridized carbons (Fsp3) is 0.444. The summed E-state index contributed by atoms with van der Waals surface area (Å²) in [6.07, 6.45) is 0.788. The summed E-state index contributed by atoms with van der Waals surface area (Å²) >= 11 is 5.54. The van der Waals surface area contributed by atoms with Gasteiger partial charge in [0.25, 0.3) is 5.91 Å². The maximum atomic E-state index is 11.5. The van der Waals surface area contributed by atoms with Gasteiger partial charge in [0.05, 0.1) is 0 Å². The fourth-order valence-corrected chi connectivity index (χ4v) is 1.17. The average Bonchev–Trinajstić information content (AvgIpc) is 2.61. The lowest BCUT2D eigenvalue weighted by atomic mass is 10.2. The summed E-state index contributed by atoms with van der Waals surface area (Å²) in [5.74, 6) is -0.0731. The van der Waals surface area contributed by atoms with Crippen LogP contribution in [-0.4, -0.2) is 18.5 Å². The lowest BCUT2D eigenvalue weighted by Crippen LogP contribution is -2.39. The minimum Gasteiger partial charge on any atom is -0.440 e. The van der Waals surface area contributed by atoms with E-state index >= 15 is 0 Å². The first-order valence-electron chi connectivity index (χ1n) is 4.43. The number of hydrogen-bond acceptors (Lipinski definition) is 3. The van der Waals surface area contributed by atoms with E-state index in [1.54, 1.807) is 0 Å². The Kier molecular flexibility index (Phi) is 3.98. The molecule has 1 atom stereocenters. The lowest BCUT2D eigenvalue weighted by molar-refractivity contribution is 0.0909. The van der Waals surface area contributed by atoms with Crippen LogP contribution < -0.4 is 11.1 Å². The second-order valence-corrected chi connectivity index (χ2v) is 3.29. The van der Waals surface area contributed by atoms with Crippen molar-refractivity contribution in [2.45, 2.75) is 19.4 Å². The van der Waals surface area contributed by atoms with E-state index < -0.39 is 0 Å². The van der Waals surface area contributed by atoms with Gasteiger partial charge in [0.1, 0.15) is 0 Å². The molecule has 0 aliphatic rings. The number of furan rings is 1. The topological polar surface area (TPSA) is 68.3 Å². The van der Waals surface area contributed by atoms with Crippen molar-refractivity contribution in [3.05, 3.63) is 23.1 Å². The van der Waals surface area contributed by atoms with Gasteiger partial charge in [-0.25, -0.2) is 0 Å². The second kappa shape index (κ2) is 5.02. The molecular formula is C9H13ClN2O2. The molecule has 0 saturated carbocycles. The maximum absolute atomic E-state index is 11.5. The van der Waals surface area contributed by atoms with Gasteiger partial charge in [0, 0.05) is 12.6 Å². The summed E-state index contributed by atoms with van der Waals surface area (Å²) in [6, 6.07) is 3.03. The molecular weight excluding hydrogens is 204 g/mol. The molecule has 1 rings (SSSR count). The molecule has 4 nitrogen and oxygen atoms in total. The van der Waals surface area contributed by atoms with Gasteiger partial charge in [-0.15, -0.1) is 0 Å². The SMILES string of the molecule is CCC(CN)NC(=O)c1ccc(Cl)o1. The van der Waals surface area contributed by atoms with Gasteiger partial charge in [-0.05, 0) is 30.2 Å². The highest BCUT2D eigenvalue weighted by atomic mass is 35.5. The molecule has 0 saturated heterocycles. The van der Waals surface area contributed by atoms with Crippen LogP contribution in [0.5, 0.6) is 0 Å². The van der Waals surface area contributed by atoms with Crippen LogP contribution in [0.25, 0.3) is 0 Å². The predicted molar refractivity (Wildman–Crippen MR) is 54.3 cm³/mol. The number of amides is 1. The van der Waals surface area contributed by atoms with Crippen LogP contribution in [0.2, 0.25) is 5.22 Å². The van der Waals surface area contributed by atoms with Crippen LogP contribution in [-0.2, 0) is 0 Å². The predicted octanol–water partition coefficient (Wildman–Crippen LogP) is 1.40. The molecule has 0 fully saturated rings. The zero-order valence-electron chi connectivity index (χ0n) is 7.92. The molecule has 0 aliphatic heterocycles. The molecule has 0 radical (unpaired) electrons. The standard InChI is InChI=1S/C9H13ClN2O2/c1-2-6(5-11)12-9(13)7-3-4-8(10)14-7/h3-4,6H,2,5,11H2,1H3,(H,12,13). The zero-order chi connectivity index (χ0) is 10.6. The third-order valence-corrected chi connectivity index (χ3v) is 2.11. The van der Waals surface area contributed by atoms with E-state index in [0.717, 1.165) is 6.42 Å². The minimum atomic E-state index is -0.283. The monoisotopic (exact) mass is 216 g/mol. The molecule has 0 aliphatic carbocycles. The Labute approximate surface area is 87.4 Å². The number of hydrogen-bond donors (Lipinski definition) is 2. The summed E-state index contributed by atoms with van der Waals surface area (Å²) in [6.45, 7) is 2.36. The Morgan fingerprint density at radius 1 is 1.71 bits per heavy atom. The van der Waals surface area contributed by atoms with Crippen LogP contribution in [0, 0.1) is 0 Å². The van der Waals surface area contributed by atoms with Crippen LogP contribution in [0.1, 0.15) is 23.9 Å². The number of nitrogens with two attached hydrogens (primary N) is 1. The molecule has 1 amide bonds. The molecule has 1 aromatic rings. The summed E-state index contributed by atoms with van der Waals surface area (Å²) in [5.41, 5.74) is 5.44. The van der Waals surface area contributed by atoms with E-state index in [2.05, 4.69) is 5.32 Å². The second-order valence-electron chi connectivity index (χ2n) is 2.92. The van der Waals surface area contributed by atoms with Crippen LogP contribution in [0.3, 0.4) is 0 Å². The highest BCUT2D eigenvalue weighted by molar-refractivity contribution is 6.29. The van der Waals surface area contributed by atoms with Crippen LogP contribution in [0.4, 0.5) is 0 Å². The van der Waals surface area contributed by atoms with Gasteiger partial charge in [0.2, 0.25) is 0 Å². The van der Waals surface area contributed by atoms with Crippen molar-refractivity contribution in [1.82, 2.24) is 5.32 Å². The fourth-order valence-electron chi connectivity index (χ4n) is 1.02. The average molecular weight is 217 g/mol. The molecule has 5 heteroatoms. The van der Waals surface area contributed by atoms with Crippen molar-refractivity contribution >= 4 is 17.5 Å². The first-order chi connectivity index (χ1) is 6.67. The molecule has 1 aromatic heterocycles. The maximum Gasteiger partial charge on any atom is 0.287 e. The minimum absolute atomic E-state index is 0.0219. The molecule has 78 valence electrons. The van der Waals surface area contributed by atoms with E-state index in [-0.39, 0.29) is 22.9 Å². The molecule has 3 N–H and O–H groups in total. The van der Waals surface area contributed by atoms with E-state index in [4.69, 9.17) is 21.8 Å². The molecule has 14 heavy (non-hydrogen) atoms. The van der Waals surface area contributed by atoms with Gasteiger partial charge < -0.3 is 15.5 Å². The van der Waals surface area contributed by atoms with Crippen molar-refractivity contribution in [2.24, 2.45) is 5.73 Å². The third-order valence-electron chi connectivity index (χ3n) is 1.91. The number of nitrogens with one attached hydrogen (secondary N) is 1. The normalized spacial score (nSPS) is 12.5. The Morgan fingerprint density at radius 3 is 2.86 bits per heavy atom. The van der Waals surface area contributed by atoms with Crippen molar-refractivity contribution in [3.63, 3.8) is 0 Å². The van der Waals surface area contributed by atoms with Crippen LogP contribution >= 0.6 is 11.6 Å². The molecule has 1 unspecified atom stereocenters. The van der Waals surface area contributed by atoms with Crippen LogP contribution in [0.15, 0.2) is 16.5 Å². The Bertz CT molecular complexity index is 308. The highest BCUT2D eigenvalue weighted by Gasteiger charge is 2.13. The summed E-state index contributed by atoms with van der Waals surface area (Å²) in [7, 11) is 0. The van der Waals surface area contributed by atoms with E-state index in [0.29, 0.717) is 6.54 Å². The van der Waals surface area contributed by atoms with Gasteiger partial charge >= 0.3 is 0 Å². The number of carbonyl (C=O) groups excluding carboxylic acids is 1. The molecule has 0 aromatic carbocycles. The molecule has 1 heterocycles. The first kappa shape index (κ1) is 11.1. The quantitative estimate of drug-likeness (QED) is 0.800. The summed E-state index contributed by atoms with van der Waals surface area (Å²) in [4.78, 5) is 11.5. The van der Waals surface area contributed by atoms with E-state index in [1.807, 2.05) is 6.92 Å². The molecule has 0 bridgehead atoms. The zero-order valence-corrected chi connectivity index (χ0v) is 8.67. The van der Waals surface area contributed by atoms with Gasteiger partial charge in [-0.2, -0.15) is 0 Å². The smallest absolute Gasteiger partial charge is 0.287 e. The van der Waals surface area contributed by atoms with E-state index in [9.17, 15) is 4.79 Å². The lowest BCUT2D eigenvalue weighted by Gasteiger charge is -2.12. The van der Waals surface area contributed by atoms with Gasteiger partial charge in [0.15, 0.2) is 11.0 Å². The van der Waals surface area contributed by atoms with Crippen molar-refractivity contribution in [1.29, 1.82) is 0 Å². The van der Waals surface area contributed by atoms with Crippen molar-refractivity contribution < 1.29 is 9.21 Å². The highest BCUT2D eigenvalue weighted by Crippen LogP contribution is 2.12. The Balaban J connectivity index is 2.58. The Hall–Kier alpha value is -1.00. The van der Waals surface area contributed by atoms with E-state index in [1.165, 1.54) is 12.1 Å². The van der Waals surface area contributed by atoms with Gasteiger partial charge in [-0.3, -0.25) is 4.79 Å². The summed E-state index contributed by atoms with van der Waals surface area (Å²) < 4.78 is 4.95.